The van der Waals surface area contributed by atoms with E-state index in [1.807, 2.05) is 42.7 Å². The minimum atomic E-state index is 0.0206. The predicted octanol–water partition coefficient (Wildman–Crippen LogP) is 0.387. The van der Waals surface area contributed by atoms with Crippen LogP contribution in [0.4, 0.5) is 0 Å². The molecule has 1 aromatic rings. The van der Waals surface area contributed by atoms with Gasteiger partial charge in [0.25, 0.3) is 0 Å². The Bertz CT molecular complexity index is 581. The molecule has 2 aliphatic rings. The van der Waals surface area contributed by atoms with Crippen molar-refractivity contribution in [2.45, 2.75) is 6.10 Å². The molecule has 2 N–H and O–H groups in total. The number of allylic oxidation sites excluding steroid dienone is 1. The van der Waals surface area contributed by atoms with Gasteiger partial charge in [0.15, 0.2) is 0 Å². The maximum Gasteiger partial charge on any atom is 0.142 e. The smallest absolute Gasteiger partial charge is 0.142 e. The molecule has 0 bridgehead atoms. The highest BCUT2D eigenvalue weighted by Crippen LogP contribution is 2.18. The fourth-order valence-corrected chi connectivity index (χ4v) is 1.97. The molecule has 2 nitrogen and oxygen atoms in total. The van der Waals surface area contributed by atoms with Gasteiger partial charge in [0.2, 0.25) is 0 Å². The number of ether oxygens (including phenoxy) is 1. The molecule has 0 radical (unpaired) electrons. The third kappa shape index (κ3) is 1.26. The van der Waals surface area contributed by atoms with Crippen molar-refractivity contribution >= 4 is 11.8 Å². The second kappa shape index (κ2) is 3.02. The molecule has 0 amide bonds. The standard InChI is InChI=1S/C13H11NO/c14-10-5-6-13-12(7-10)11-4-2-1-3-9(11)8-15-13/h1-8,13H,14H2. The van der Waals surface area contributed by atoms with Gasteiger partial charge in [-0.3, -0.25) is 0 Å². The van der Waals surface area contributed by atoms with Crippen molar-refractivity contribution in [3.63, 3.8) is 0 Å². The van der Waals surface area contributed by atoms with Crippen LogP contribution in [-0.4, -0.2) is 6.10 Å². The van der Waals surface area contributed by atoms with Crippen molar-refractivity contribution in [3.8, 4) is 0 Å². The van der Waals surface area contributed by atoms with Gasteiger partial charge in [-0.25, -0.2) is 0 Å². The second-order valence-corrected chi connectivity index (χ2v) is 3.72. The van der Waals surface area contributed by atoms with Crippen molar-refractivity contribution in [2.24, 2.45) is 5.73 Å². The van der Waals surface area contributed by atoms with Crippen LogP contribution in [0.3, 0.4) is 0 Å². The Morgan fingerprint density at radius 2 is 2.07 bits per heavy atom. The van der Waals surface area contributed by atoms with E-state index in [9.17, 15) is 0 Å². The Labute approximate surface area is 87.7 Å². The van der Waals surface area contributed by atoms with Gasteiger partial charge >= 0.3 is 0 Å². The molecule has 1 aliphatic carbocycles. The quantitative estimate of drug-likeness (QED) is 0.653. The van der Waals surface area contributed by atoms with Crippen LogP contribution < -0.4 is 16.2 Å². The predicted molar refractivity (Wildman–Crippen MR) is 59.8 cm³/mol. The molecule has 0 fully saturated rings. The summed E-state index contributed by atoms with van der Waals surface area (Å²) < 4.78 is 5.61. The molecule has 15 heavy (non-hydrogen) atoms. The number of hydrogen-bond donors (Lipinski definition) is 1. The van der Waals surface area contributed by atoms with Crippen molar-refractivity contribution in [1.82, 2.24) is 0 Å². The number of hydrogen-bond acceptors (Lipinski definition) is 2. The van der Waals surface area contributed by atoms with E-state index in [4.69, 9.17) is 10.5 Å². The number of benzene rings is 1. The SMILES string of the molecule is NC1=CC2=c3ccccc3=COC2C=C1. The topological polar surface area (TPSA) is 35.2 Å². The first-order valence-electron chi connectivity index (χ1n) is 4.95. The summed E-state index contributed by atoms with van der Waals surface area (Å²) in [5, 5.41) is 2.32. The molecule has 2 heteroatoms. The molecule has 1 aliphatic heterocycles. The third-order valence-electron chi connectivity index (χ3n) is 2.71. The molecule has 0 saturated heterocycles. The third-order valence-corrected chi connectivity index (χ3v) is 2.71. The summed E-state index contributed by atoms with van der Waals surface area (Å²) >= 11 is 0. The molecule has 0 aromatic heterocycles. The van der Waals surface area contributed by atoms with Gasteiger partial charge < -0.3 is 10.5 Å². The fourth-order valence-electron chi connectivity index (χ4n) is 1.97. The lowest BCUT2D eigenvalue weighted by molar-refractivity contribution is 0.275. The summed E-state index contributed by atoms with van der Waals surface area (Å²) in [6.07, 6.45) is 7.68. The van der Waals surface area contributed by atoms with E-state index < -0.39 is 0 Å². The van der Waals surface area contributed by atoms with Gasteiger partial charge in [-0.1, -0.05) is 24.3 Å². The lowest BCUT2D eigenvalue weighted by atomic mass is 9.98. The van der Waals surface area contributed by atoms with E-state index in [1.165, 1.54) is 5.22 Å². The Morgan fingerprint density at radius 1 is 1.20 bits per heavy atom. The average molecular weight is 197 g/mol. The molecule has 1 heterocycles. The Morgan fingerprint density at radius 3 is 3.00 bits per heavy atom. The van der Waals surface area contributed by atoms with E-state index >= 15 is 0 Å². The molecule has 1 aromatic carbocycles. The highest BCUT2D eigenvalue weighted by Gasteiger charge is 2.17. The summed E-state index contributed by atoms with van der Waals surface area (Å²) in [5.41, 5.74) is 7.71. The summed E-state index contributed by atoms with van der Waals surface area (Å²) in [6.45, 7) is 0. The van der Waals surface area contributed by atoms with Gasteiger partial charge in [-0.05, 0) is 23.4 Å². The summed E-state index contributed by atoms with van der Waals surface area (Å²) in [7, 11) is 0. The molecule has 1 atom stereocenters. The fraction of sp³-hybridized carbons (Fsp3) is 0.0769. The molecule has 0 saturated carbocycles. The average Bonchev–Trinajstić information content (AvgIpc) is 2.29. The number of nitrogens with two attached hydrogens (primary N) is 1. The van der Waals surface area contributed by atoms with Crippen LogP contribution in [0.2, 0.25) is 0 Å². The summed E-state index contributed by atoms with van der Waals surface area (Å²) in [4.78, 5) is 0. The maximum atomic E-state index is 5.79. The highest BCUT2D eigenvalue weighted by atomic mass is 16.5. The number of rotatable bonds is 0. The van der Waals surface area contributed by atoms with Gasteiger partial charge in [0, 0.05) is 16.5 Å². The van der Waals surface area contributed by atoms with Crippen molar-refractivity contribution in [1.29, 1.82) is 0 Å². The van der Waals surface area contributed by atoms with Crippen LogP contribution >= 0.6 is 0 Å². The zero-order valence-electron chi connectivity index (χ0n) is 8.18. The first-order chi connectivity index (χ1) is 7.34. The zero-order chi connectivity index (χ0) is 10.3. The molecular weight excluding hydrogens is 186 g/mol. The lowest BCUT2D eigenvalue weighted by Crippen LogP contribution is -2.35. The second-order valence-electron chi connectivity index (χ2n) is 3.72. The van der Waals surface area contributed by atoms with Crippen LogP contribution in [0.1, 0.15) is 0 Å². The van der Waals surface area contributed by atoms with E-state index in [-0.39, 0.29) is 6.10 Å². The van der Waals surface area contributed by atoms with Crippen molar-refractivity contribution in [2.75, 3.05) is 0 Å². The van der Waals surface area contributed by atoms with E-state index in [1.54, 1.807) is 0 Å². The zero-order valence-corrected chi connectivity index (χ0v) is 8.18. The van der Waals surface area contributed by atoms with Crippen molar-refractivity contribution in [3.05, 3.63) is 58.6 Å². The van der Waals surface area contributed by atoms with Crippen LogP contribution in [0.5, 0.6) is 0 Å². The lowest BCUT2D eigenvalue weighted by Gasteiger charge is -2.21. The van der Waals surface area contributed by atoms with Crippen LogP contribution in [0.15, 0.2) is 48.2 Å². The Balaban J connectivity index is 2.38. The summed E-state index contributed by atoms with van der Waals surface area (Å²) in [6, 6.07) is 8.18. The van der Waals surface area contributed by atoms with Crippen molar-refractivity contribution < 1.29 is 4.74 Å². The highest BCUT2D eigenvalue weighted by molar-refractivity contribution is 5.68. The van der Waals surface area contributed by atoms with E-state index in [2.05, 4.69) is 6.07 Å². The number of fused-ring (bicyclic) bond motifs is 2. The molecule has 1 unspecified atom stereocenters. The minimum absolute atomic E-state index is 0.0206. The molecular formula is C13H11NO. The van der Waals surface area contributed by atoms with Gasteiger partial charge in [0.05, 0.1) is 6.26 Å². The summed E-state index contributed by atoms with van der Waals surface area (Å²) in [5.74, 6) is 0. The first kappa shape index (κ1) is 8.36. The van der Waals surface area contributed by atoms with Gasteiger partial charge in [0.1, 0.15) is 6.10 Å². The van der Waals surface area contributed by atoms with Gasteiger partial charge in [-0.15, -0.1) is 0 Å². The Kier molecular flexibility index (Phi) is 1.68. The normalized spacial score (nSPS) is 22.0. The first-order valence-corrected chi connectivity index (χ1v) is 4.95. The van der Waals surface area contributed by atoms with Gasteiger partial charge in [-0.2, -0.15) is 0 Å². The maximum absolute atomic E-state index is 5.79. The molecule has 74 valence electrons. The monoisotopic (exact) mass is 197 g/mol. The Hall–Kier alpha value is -1.96. The van der Waals surface area contributed by atoms with E-state index in [0.717, 1.165) is 16.5 Å². The van der Waals surface area contributed by atoms with E-state index in [0.29, 0.717) is 0 Å². The molecule has 0 spiro atoms. The van der Waals surface area contributed by atoms with Crippen LogP contribution in [0, 0.1) is 0 Å². The van der Waals surface area contributed by atoms with Crippen LogP contribution in [-0.2, 0) is 4.74 Å². The minimum Gasteiger partial charge on any atom is -0.489 e. The van der Waals surface area contributed by atoms with Crippen LogP contribution in [0.25, 0.3) is 11.8 Å². The largest absolute Gasteiger partial charge is 0.489 e. The molecule has 3 rings (SSSR count).